The highest BCUT2D eigenvalue weighted by Gasteiger charge is 2.24. The van der Waals surface area contributed by atoms with E-state index in [9.17, 15) is 13.6 Å². The van der Waals surface area contributed by atoms with Crippen LogP contribution >= 0.6 is 0 Å². The van der Waals surface area contributed by atoms with Crippen molar-refractivity contribution < 1.29 is 23.0 Å². The Morgan fingerprint density at radius 3 is 2.43 bits per heavy atom. The van der Waals surface area contributed by atoms with Crippen molar-refractivity contribution in [2.45, 2.75) is 27.0 Å². The summed E-state index contributed by atoms with van der Waals surface area (Å²) in [6.45, 7) is 6.79. The Morgan fingerprint density at radius 2 is 1.69 bits per heavy atom. The minimum atomic E-state index is -0.840. The van der Waals surface area contributed by atoms with Gasteiger partial charge in [0.1, 0.15) is 18.1 Å². The van der Waals surface area contributed by atoms with Crippen LogP contribution in [0.15, 0.2) is 54.6 Å². The first-order valence-corrected chi connectivity index (χ1v) is 11.7. The number of benzene rings is 3. The molecule has 5 nitrogen and oxygen atoms in total. The zero-order valence-corrected chi connectivity index (χ0v) is 20.3. The van der Waals surface area contributed by atoms with Crippen LogP contribution in [0.1, 0.15) is 32.6 Å². The Bertz CT molecular complexity index is 1210. The molecule has 3 aromatic carbocycles. The molecule has 0 bridgehead atoms. The van der Waals surface area contributed by atoms with Gasteiger partial charge in [-0.15, -0.1) is 0 Å². The number of piperazine rings is 1. The summed E-state index contributed by atoms with van der Waals surface area (Å²) >= 11 is 0. The zero-order chi connectivity index (χ0) is 24.9. The van der Waals surface area contributed by atoms with E-state index >= 15 is 0 Å². The maximum atomic E-state index is 14.0. The van der Waals surface area contributed by atoms with Crippen LogP contribution in [0.25, 0.3) is 0 Å². The first-order valence-electron chi connectivity index (χ1n) is 11.7. The molecule has 0 saturated carbocycles. The number of methoxy groups -OCH3 is 1. The SMILES string of the molecule is COc1ccc(C(=O)N2CCN(Cc3cccc(F)c3F)CC2)cc1COc1cc(C)ccc1C. The average molecular weight is 481 g/mol. The highest BCUT2D eigenvalue weighted by molar-refractivity contribution is 5.94. The van der Waals surface area contributed by atoms with Gasteiger partial charge in [-0.2, -0.15) is 0 Å². The number of aryl methyl sites for hydroxylation is 2. The lowest BCUT2D eigenvalue weighted by Crippen LogP contribution is -2.48. The molecule has 0 aromatic heterocycles. The van der Waals surface area contributed by atoms with Gasteiger partial charge in [0.2, 0.25) is 0 Å². The van der Waals surface area contributed by atoms with Crippen molar-refractivity contribution in [3.05, 3.63) is 94.0 Å². The van der Waals surface area contributed by atoms with Crippen LogP contribution in [-0.4, -0.2) is 49.0 Å². The summed E-state index contributed by atoms with van der Waals surface area (Å²) in [6, 6.07) is 15.6. The first-order chi connectivity index (χ1) is 16.9. The van der Waals surface area contributed by atoms with Crippen LogP contribution in [0, 0.1) is 25.5 Å². The number of hydrogen-bond donors (Lipinski definition) is 0. The molecule has 0 atom stereocenters. The van der Waals surface area contributed by atoms with E-state index in [4.69, 9.17) is 9.47 Å². The molecule has 0 spiro atoms. The van der Waals surface area contributed by atoms with Crippen LogP contribution in [-0.2, 0) is 13.2 Å². The number of carbonyl (C=O) groups excluding carboxylic acids is 1. The maximum Gasteiger partial charge on any atom is 0.253 e. The molecule has 1 aliphatic heterocycles. The van der Waals surface area contributed by atoms with Crippen LogP contribution in [0.2, 0.25) is 0 Å². The fourth-order valence-corrected chi connectivity index (χ4v) is 4.25. The van der Waals surface area contributed by atoms with Gasteiger partial charge in [0.25, 0.3) is 5.91 Å². The summed E-state index contributed by atoms with van der Waals surface area (Å²) in [7, 11) is 1.60. The molecule has 1 fully saturated rings. The van der Waals surface area contributed by atoms with Gasteiger partial charge in [0.05, 0.1) is 7.11 Å². The van der Waals surface area contributed by atoms with Gasteiger partial charge in [-0.05, 0) is 55.3 Å². The monoisotopic (exact) mass is 480 g/mol. The quantitative estimate of drug-likeness (QED) is 0.470. The second kappa shape index (κ2) is 10.9. The van der Waals surface area contributed by atoms with Crippen LogP contribution in [0.4, 0.5) is 8.78 Å². The molecule has 184 valence electrons. The Balaban J connectivity index is 1.40. The third kappa shape index (κ3) is 5.80. The number of ether oxygens (including phenoxy) is 2. The van der Waals surface area contributed by atoms with Gasteiger partial charge < -0.3 is 14.4 Å². The third-order valence-electron chi connectivity index (χ3n) is 6.34. The van der Waals surface area contributed by atoms with E-state index in [2.05, 4.69) is 0 Å². The summed E-state index contributed by atoms with van der Waals surface area (Å²) in [5.74, 6) is -0.256. The minimum absolute atomic E-state index is 0.0720. The fourth-order valence-electron chi connectivity index (χ4n) is 4.25. The lowest BCUT2D eigenvalue weighted by Gasteiger charge is -2.35. The van der Waals surface area contributed by atoms with Crippen molar-refractivity contribution in [1.82, 2.24) is 9.80 Å². The van der Waals surface area contributed by atoms with Crippen molar-refractivity contribution in [2.75, 3.05) is 33.3 Å². The molecule has 0 aliphatic carbocycles. The summed E-state index contributed by atoms with van der Waals surface area (Å²) < 4.78 is 39.0. The summed E-state index contributed by atoms with van der Waals surface area (Å²) in [5.41, 5.74) is 3.83. The molecule has 1 saturated heterocycles. The molecule has 7 heteroatoms. The Labute approximate surface area is 204 Å². The third-order valence-corrected chi connectivity index (χ3v) is 6.34. The molecule has 0 radical (unpaired) electrons. The normalized spacial score (nSPS) is 14.1. The predicted octanol–water partition coefficient (Wildman–Crippen LogP) is 5.13. The molecular weight excluding hydrogens is 450 g/mol. The van der Waals surface area contributed by atoms with Crippen molar-refractivity contribution >= 4 is 5.91 Å². The van der Waals surface area contributed by atoms with E-state index < -0.39 is 11.6 Å². The van der Waals surface area contributed by atoms with E-state index in [1.54, 1.807) is 30.2 Å². The van der Waals surface area contributed by atoms with Gasteiger partial charge in [0, 0.05) is 49.4 Å². The molecule has 3 aromatic rings. The first kappa shape index (κ1) is 24.7. The van der Waals surface area contributed by atoms with E-state index in [1.165, 1.54) is 6.07 Å². The molecule has 0 N–H and O–H groups in total. The van der Waals surface area contributed by atoms with Gasteiger partial charge in [0.15, 0.2) is 11.6 Å². The standard InChI is InChI=1S/C28H30F2N2O3/c1-19-7-8-20(2)26(15-19)35-18-23-16-21(9-10-25(23)34-3)28(33)32-13-11-31(12-14-32)17-22-5-4-6-24(29)27(22)30/h4-10,15-16H,11-14,17-18H2,1-3H3. The number of carbonyl (C=O) groups is 1. The number of rotatable bonds is 7. The molecule has 1 aliphatic rings. The second-order valence-corrected chi connectivity index (χ2v) is 8.87. The number of halogens is 2. The predicted molar refractivity (Wildman–Crippen MR) is 131 cm³/mol. The van der Waals surface area contributed by atoms with E-state index in [0.717, 1.165) is 28.5 Å². The van der Waals surface area contributed by atoms with Gasteiger partial charge in [-0.1, -0.05) is 24.3 Å². The van der Waals surface area contributed by atoms with Crippen molar-refractivity contribution in [1.29, 1.82) is 0 Å². The smallest absolute Gasteiger partial charge is 0.253 e. The van der Waals surface area contributed by atoms with Gasteiger partial charge in [-0.25, -0.2) is 8.78 Å². The van der Waals surface area contributed by atoms with Crippen molar-refractivity contribution in [3.8, 4) is 11.5 Å². The Kier molecular flexibility index (Phi) is 7.66. The highest BCUT2D eigenvalue weighted by Crippen LogP contribution is 2.26. The highest BCUT2D eigenvalue weighted by atomic mass is 19.2. The molecule has 4 rings (SSSR count). The van der Waals surface area contributed by atoms with E-state index in [1.807, 2.05) is 43.0 Å². The molecule has 0 unspecified atom stereocenters. The topological polar surface area (TPSA) is 42.0 Å². The summed E-state index contributed by atoms with van der Waals surface area (Å²) in [4.78, 5) is 17.0. The van der Waals surface area contributed by atoms with Crippen LogP contribution in [0.3, 0.4) is 0 Å². The van der Waals surface area contributed by atoms with E-state index in [0.29, 0.717) is 49.6 Å². The zero-order valence-electron chi connectivity index (χ0n) is 20.3. The van der Waals surface area contributed by atoms with Gasteiger partial charge >= 0.3 is 0 Å². The van der Waals surface area contributed by atoms with Crippen molar-refractivity contribution in [3.63, 3.8) is 0 Å². The Morgan fingerprint density at radius 1 is 0.914 bits per heavy atom. The summed E-state index contributed by atoms with van der Waals surface area (Å²) in [6.07, 6.45) is 0. The summed E-state index contributed by atoms with van der Waals surface area (Å²) in [5, 5.41) is 0. The number of nitrogens with zero attached hydrogens (tertiary/aromatic N) is 2. The lowest BCUT2D eigenvalue weighted by molar-refractivity contribution is 0.0626. The second-order valence-electron chi connectivity index (χ2n) is 8.87. The van der Waals surface area contributed by atoms with E-state index in [-0.39, 0.29) is 12.5 Å². The minimum Gasteiger partial charge on any atom is -0.496 e. The maximum absolute atomic E-state index is 14.0. The van der Waals surface area contributed by atoms with Crippen LogP contribution < -0.4 is 9.47 Å². The fraction of sp³-hybridized carbons (Fsp3) is 0.321. The molecule has 1 amide bonds. The Hall–Kier alpha value is -3.45. The molecular formula is C28H30F2N2O3. The molecule has 35 heavy (non-hydrogen) atoms. The van der Waals surface area contributed by atoms with Crippen LogP contribution in [0.5, 0.6) is 11.5 Å². The van der Waals surface area contributed by atoms with Crippen molar-refractivity contribution in [2.24, 2.45) is 0 Å². The average Bonchev–Trinajstić information content (AvgIpc) is 2.87. The lowest BCUT2D eigenvalue weighted by atomic mass is 10.1. The largest absolute Gasteiger partial charge is 0.496 e. The number of hydrogen-bond acceptors (Lipinski definition) is 4. The molecule has 1 heterocycles. The number of amides is 1. The van der Waals surface area contributed by atoms with Gasteiger partial charge in [-0.3, -0.25) is 9.69 Å².